The van der Waals surface area contributed by atoms with E-state index in [2.05, 4.69) is 10.1 Å². The van der Waals surface area contributed by atoms with Crippen LogP contribution < -0.4 is 5.73 Å². The molecule has 2 aromatic rings. The molecule has 5 rings (SSSR count). The smallest absolute Gasteiger partial charge is 0.434 e. The van der Waals surface area contributed by atoms with Crippen LogP contribution in [0.4, 0.5) is 10.6 Å². The maximum atomic E-state index is 11.9. The molecule has 150 valence electrons. The molecule has 10 heteroatoms. The van der Waals surface area contributed by atoms with Gasteiger partial charge in [-0.15, -0.1) is 0 Å². The summed E-state index contributed by atoms with van der Waals surface area (Å²) in [7, 11) is 0. The van der Waals surface area contributed by atoms with E-state index in [1.54, 1.807) is 19.1 Å². The zero-order valence-corrected chi connectivity index (χ0v) is 15.3. The summed E-state index contributed by atoms with van der Waals surface area (Å²) in [5.74, 6) is 0.674. The van der Waals surface area contributed by atoms with Crippen molar-refractivity contribution in [1.82, 2.24) is 14.6 Å². The van der Waals surface area contributed by atoms with Crippen LogP contribution in [0.2, 0.25) is 0 Å². The van der Waals surface area contributed by atoms with Crippen molar-refractivity contribution in [2.45, 2.75) is 55.7 Å². The number of hydrogen-bond acceptors (Lipinski definition) is 9. The molecule has 5 atom stereocenters. The number of rotatable bonds is 4. The van der Waals surface area contributed by atoms with E-state index in [1.807, 2.05) is 0 Å². The Morgan fingerprint density at radius 3 is 2.89 bits per heavy atom. The molecule has 10 nitrogen and oxygen atoms in total. The van der Waals surface area contributed by atoms with Gasteiger partial charge in [-0.3, -0.25) is 0 Å². The summed E-state index contributed by atoms with van der Waals surface area (Å²) in [6.07, 6.45) is 0.511. The van der Waals surface area contributed by atoms with Crippen molar-refractivity contribution in [3.8, 4) is 0 Å². The molecule has 3 aliphatic rings. The lowest BCUT2D eigenvalue weighted by Gasteiger charge is -2.32. The number of carbonyl (C=O) groups excluding carboxylic acids is 1. The Morgan fingerprint density at radius 1 is 1.46 bits per heavy atom. The van der Waals surface area contributed by atoms with Crippen LogP contribution in [0.5, 0.6) is 0 Å². The normalized spacial score (nSPS) is 36.8. The predicted octanol–water partition coefficient (Wildman–Crippen LogP) is 0.353. The van der Waals surface area contributed by atoms with Gasteiger partial charge in [-0.1, -0.05) is 6.42 Å². The van der Waals surface area contributed by atoms with Crippen molar-refractivity contribution in [1.29, 1.82) is 0 Å². The Kier molecular flexibility index (Phi) is 3.65. The fourth-order valence-corrected chi connectivity index (χ4v) is 4.24. The summed E-state index contributed by atoms with van der Waals surface area (Å²) in [4.78, 5) is 15.8. The number of nitrogens with zero attached hydrogens (tertiary/aromatic N) is 3. The van der Waals surface area contributed by atoms with Gasteiger partial charge in [0.2, 0.25) is 0 Å². The van der Waals surface area contributed by atoms with Gasteiger partial charge in [-0.2, -0.15) is 5.10 Å². The third-order valence-corrected chi connectivity index (χ3v) is 6.28. The number of carbonyl (C=O) groups is 1. The lowest BCUT2D eigenvalue weighted by Crippen LogP contribution is -2.46. The Hall–Kier alpha value is -2.43. The minimum Gasteiger partial charge on any atom is -0.434 e. The van der Waals surface area contributed by atoms with Gasteiger partial charge in [-0.25, -0.2) is 14.3 Å². The second-order valence-corrected chi connectivity index (χ2v) is 7.99. The topological polar surface area (TPSA) is 141 Å². The molecule has 4 N–H and O–H groups in total. The quantitative estimate of drug-likeness (QED) is 0.631. The highest BCUT2D eigenvalue weighted by atomic mass is 16.7. The van der Waals surface area contributed by atoms with Crippen LogP contribution in [0.25, 0.3) is 5.52 Å². The van der Waals surface area contributed by atoms with Crippen LogP contribution in [0.3, 0.4) is 0 Å². The maximum Gasteiger partial charge on any atom is 0.508 e. The molecule has 3 fully saturated rings. The number of hydrogen-bond donors (Lipinski definition) is 3. The second kappa shape index (κ2) is 5.79. The van der Waals surface area contributed by atoms with E-state index >= 15 is 0 Å². The van der Waals surface area contributed by atoms with Gasteiger partial charge in [0.15, 0.2) is 17.5 Å². The SMILES string of the molecule is C[C@@]1(c2ccc3c(N)ncnn23)O[C@@H]2C(OC(=O)OCC3CCC3)[C@]2(O)[C@H]1O. The largest absolute Gasteiger partial charge is 0.508 e. The fourth-order valence-electron chi connectivity index (χ4n) is 4.24. The predicted molar refractivity (Wildman–Crippen MR) is 94.1 cm³/mol. The van der Waals surface area contributed by atoms with Crippen LogP contribution in [-0.2, 0) is 19.8 Å². The highest BCUT2D eigenvalue weighted by Crippen LogP contribution is 2.59. The van der Waals surface area contributed by atoms with E-state index < -0.39 is 35.7 Å². The van der Waals surface area contributed by atoms with Gasteiger partial charge in [0.25, 0.3) is 0 Å². The van der Waals surface area contributed by atoms with Crippen molar-refractivity contribution in [2.75, 3.05) is 12.3 Å². The van der Waals surface area contributed by atoms with E-state index in [1.165, 1.54) is 10.8 Å². The van der Waals surface area contributed by atoms with Gasteiger partial charge in [-0.05, 0) is 37.8 Å². The number of aromatic nitrogens is 3. The zero-order valence-electron chi connectivity index (χ0n) is 15.3. The average molecular weight is 390 g/mol. The van der Waals surface area contributed by atoms with Crippen LogP contribution >= 0.6 is 0 Å². The van der Waals surface area contributed by atoms with Gasteiger partial charge < -0.3 is 30.2 Å². The summed E-state index contributed by atoms with van der Waals surface area (Å²) < 4.78 is 17.7. The highest BCUT2D eigenvalue weighted by molar-refractivity contribution is 5.66. The Balaban J connectivity index is 1.31. The lowest BCUT2D eigenvalue weighted by atomic mass is 9.86. The molecule has 0 radical (unpaired) electrons. The number of nitrogens with two attached hydrogens (primary N) is 1. The Morgan fingerprint density at radius 2 is 2.25 bits per heavy atom. The first-order chi connectivity index (χ1) is 13.4. The number of aliphatic hydroxyl groups is 2. The molecule has 2 aromatic heterocycles. The van der Waals surface area contributed by atoms with E-state index in [4.69, 9.17) is 19.9 Å². The molecule has 0 amide bonds. The number of aliphatic hydroxyl groups excluding tert-OH is 1. The fraction of sp³-hybridized carbons (Fsp3) is 0.611. The number of ether oxygens (including phenoxy) is 3. The van der Waals surface area contributed by atoms with E-state index in [0.717, 1.165) is 19.3 Å². The lowest BCUT2D eigenvalue weighted by molar-refractivity contribution is -0.132. The summed E-state index contributed by atoms with van der Waals surface area (Å²) >= 11 is 0. The molecule has 0 spiro atoms. The minimum atomic E-state index is -1.70. The molecule has 2 aliphatic carbocycles. The van der Waals surface area contributed by atoms with E-state index in [9.17, 15) is 15.0 Å². The van der Waals surface area contributed by atoms with Gasteiger partial charge >= 0.3 is 6.16 Å². The molecule has 1 saturated heterocycles. The number of anilines is 1. The van der Waals surface area contributed by atoms with Crippen molar-refractivity contribution in [3.63, 3.8) is 0 Å². The van der Waals surface area contributed by atoms with E-state index in [-0.39, 0.29) is 5.82 Å². The first-order valence-corrected chi connectivity index (χ1v) is 9.36. The highest BCUT2D eigenvalue weighted by Gasteiger charge is 2.82. The van der Waals surface area contributed by atoms with Crippen molar-refractivity contribution < 1.29 is 29.2 Å². The van der Waals surface area contributed by atoms with Gasteiger partial charge in [0, 0.05) is 0 Å². The third kappa shape index (κ3) is 2.28. The van der Waals surface area contributed by atoms with Crippen molar-refractivity contribution >= 4 is 17.5 Å². The molecular formula is C18H22N4O6. The number of nitrogen functional groups attached to an aromatic ring is 1. The standard InChI is InChI=1S/C18H22N4O6/c1-17(11-6-5-10-14(19)20-8-21-22(10)11)15(23)18(25)12(13(18)28-17)27-16(24)26-7-9-3-2-4-9/h5-6,8-9,12-13,15,23,25H,2-4,7H2,1H3,(H2,19,20,21)/t12?,13-,15+,17+,18-/m1/s1. The van der Waals surface area contributed by atoms with Crippen LogP contribution in [-0.4, -0.2) is 61.5 Å². The third-order valence-electron chi connectivity index (χ3n) is 6.28. The molecule has 1 aliphatic heterocycles. The van der Waals surface area contributed by atoms with Crippen LogP contribution in [0.15, 0.2) is 18.5 Å². The summed E-state index contributed by atoms with van der Waals surface area (Å²) in [5, 5.41) is 25.9. The maximum absolute atomic E-state index is 11.9. The number of fused-ring (bicyclic) bond motifs is 2. The summed E-state index contributed by atoms with van der Waals surface area (Å²) in [5.41, 5.74) is 3.96. The van der Waals surface area contributed by atoms with Crippen LogP contribution in [0, 0.1) is 5.92 Å². The van der Waals surface area contributed by atoms with Crippen molar-refractivity contribution in [3.05, 3.63) is 24.2 Å². The molecule has 0 bridgehead atoms. The first-order valence-electron chi connectivity index (χ1n) is 9.36. The van der Waals surface area contributed by atoms with E-state index in [0.29, 0.717) is 23.7 Å². The summed E-state index contributed by atoms with van der Waals surface area (Å²) in [6.45, 7) is 1.96. The molecule has 3 heterocycles. The monoisotopic (exact) mass is 390 g/mol. The zero-order chi connectivity index (χ0) is 19.7. The molecular weight excluding hydrogens is 368 g/mol. The molecule has 2 saturated carbocycles. The minimum absolute atomic E-state index is 0.289. The summed E-state index contributed by atoms with van der Waals surface area (Å²) in [6, 6.07) is 3.42. The average Bonchev–Trinajstić information content (AvgIpc) is 2.95. The molecule has 0 aromatic carbocycles. The Labute approximate surface area is 160 Å². The molecule has 28 heavy (non-hydrogen) atoms. The second-order valence-electron chi connectivity index (χ2n) is 7.99. The molecule has 1 unspecified atom stereocenters. The van der Waals surface area contributed by atoms with Gasteiger partial charge in [0.05, 0.1) is 12.3 Å². The first kappa shape index (κ1) is 17.7. The van der Waals surface area contributed by atoms with Crippen molar-refractivity contribution in [2.24, 2.45) is 5.92 Å². The van der Waals surface area contributed by atoms with Gasteiger partial charge in [0.1, 0.15) is 29.7 Å². The van der Waals surface area contributed by atoms with Crippen LogP contribution in [0.1, 0.15) is 31.9 Å². The Bertz CT molecular complexity index is 945.